The predicted molar refractivity (Wildman–Crippen MR) is 127 cm³/mol. The van der Waals surface area contributed by atoms with Crippen LogP contribution in [-0.4, -0.2) is 31.6 Å². The van der Waals surface area contributed by atoms with Gasteiger partial charge >= 0.3 is 0 Å². The second-order valence-electron chi connectivity index (χ2n) is 7.83. The molecule has 0 radical (unpaired) electrons. The lowest BCUT2D eigenvalue weighted by Crippen LogP contribution is -2.25. The van der Waals surface area contributed by atoms with Gasteiger partial charge in [-0.3, -0.25) is 9.10 Å². The van der Waals surface area contributed by atoms with E-state index in [0.29, 0.717) is 52.1 Å². The molecule has 1 aromatic heterocycles. The van der Waals surface area contributed by atoms with Crippen LogP contribution in [0.15, 0.2) is 78.9 Å². The molecule has 33 heavy (non-hydrogen) atoms. The third-order valence-electron chi connectivity index (χ3n) is 5.59. The summed E-state index contributed by atoms with van der Waals surface area (Å²) in [6.07, 6.45) is 0.577. The van der Waals surface area contributed by atoms with E-state index in [2.05, 4.69) is 10.3 Å². The van der Waals surface area contributed by atoms with Gasteiger partial charge in [-0.05, 0) is 61.0 Å². The van der Waals surface area contributed by atoms with E-state index in [4.69, 9.17) is 0 Å². The summed E-state index contributed by atoms with van der Waals surface area (Å²) in [6.45, 7) is 0.426. The topological polar surface area (TPSA) is 79.4 Å². The first kappa shape index (κ1) is 21.1. The van der Waals surface area contributed by atoms with Crippen LogP contribution in [-0.2, 0) is 10.0 Å². The van der Waals surface area contributed by atoms with Crippen LogP contribution in [0.5, 0.6) is 0 Å². The highest BCUT2D eigenvalue weighted by atomic mass is 32.2. The van der Waals surface area contributed by atoms with E-state index in [0.717, 1.165) is 0 Å². The smallest absolute Gasteiger partial charge is 0.256 e. The number of rotatable bonds is 4. The summed E-state index contributed by atoms with van der Waals surface area (Å²) in [7, 11) is -3.32. The third kappa shape index (κ3) is 4.17. The van der Waals surface area contributed by atoms with Gasteiger partial charge in [-0.1, -0.05) is 24.3 Å². The van der Waals surface area contributed by atoms with Crippen molar-refractivity contribution in [2.45, 2.75) is 6.42 Å². The Balaban J connectivity index is 1.51. The Morgan fingerprint density at radius 3 is 2.52 bits per heavy atom. The summed E-state index contributed by atoms with van der Waals surface area (Å²) in [4.78, 5) is 17.9. The highest BCUT2D eigenvalue weighted by Crippen LogP contribution is 2.28. The number of fused-ring (bicyclic) bond motifs is 1. The van der Waals surface area contributed by atoms with Crippen LogP contribution < -0.4 is 9.62 Å². The van der Waals surface area contributed by atoms with Crippen LogP contribution in [0.2, 0.25) is 0 Å². The number of para-hydroxylation sites is 1. The molecule has 1 amide bonds. The lowest BCUT2D eigenvalue weighted by Gasteiger charge is -2.18. The Morgan fingerprint density at radius 1 is 0.970 bits per heavy atom. The van der Waals surface area contributed by atoms with E-state index in [1.807, 2.05) is 24.3 Å². The van der Waals surface area contributed by atoms with Gasteiger partial charge in [0.1, 0.15) is 5.82 Å². The van der Waals surface area contributed by atoms with Crippen molar-refractivity contribution in [3.05, 3.63) is 90.2 Å². The highest BCUT2D eigenvalue weighted by molar-refractivity contribution is 7.93. The molecule has 1 aliphatic heterocycles. The lowest BCUT2D eigenvalue weighted by molar-refractivity contribution is 0.102. The minimum absolute atomic E-state index is 0.124. The van der Waals surface area contributed by atoms with E-state index < -0.39 is 10.0 Å². The van der Waals surface area contributed by atoms with Gasteiger partial charge in [0.25, 0.3) is 5.91 Å². The van der Waals surface area contributed by atoms with Crippen molar-refractivity contribution in [1.82, 2.24) is 4.98 Å². The summed E-state index contributed by atoms with van der Waals surface area (Å²) in [5, 5.41) is 3.56. The van der Waals surface area contributed by atoms with Crippen molar-refractivity contribution in [3.63, 3.8) is 0 Å². The Hall–Kier alpha value is -3.78. The maximum Gasteiger partial charge on any atom is 0.256 e. The van der Waals surface area contributed by atoms with Crippen LogP contribution in [0.4, 0.5) is 15.8 Å². The standard InChI is InChI=1S/C25H20FN3O3S/c26-18-11-9-17(10-12-18)24-16-22(21-7-1-2-8-23(21)28-24)25(30)27-19-5-3-6-20(15-19)29-13-4-14-33(29,31)32/h1-3,5-12,15-16H,4,13-14H2,(H,27,30). The molecule has 4 aromatic rings. The number of halogens is 1. The second-order valence-corrected chi connectivity index (χ2v) is 9.84. The van der Waals surface area contributed by atoms with Gasteiger partial charge in [-0.15, -0.1) is 0 Å². The van der Waals surface area contributed by atoms with Gasteiger partial charge in [0.05, 0.1) is 28.2 Å². The molecule has 166 valence electrons. The van der Waals surface area contributed by atoms with Crippen LogP contribution >= 0.6 is 0 Å². The van der Waals surface area contributed by atoms with Crippen molar-refractivity contribution < 1.29 is 17.6 Å². The normalized spacial score (nSPS) is 15.0. The van der Waals surface area contributed by atoms with Gasteiger partial charge < -0.3 is 5.32 Å². The number of benzene rings is 3. The first-order chi connectivity index (χ1) is 15.9. The van der Waals surface area contributed by atoms with Crippen LogP contribution in [0.1, 0.15) is 16.8 Å². The molecule has 1 N–H and O–H groups in total. The molecule has 3 aromatic carbocycles. The number of anilines is 2. The molecule has 1 aliphatic rings. The minimum atomic E-state index is -3.32. The molecule has 6 nitrogen and oxygen atoms in total. The molecule has 8 heteroatoms. The quantitative estimate of drug-likeness (QED) is 0.472. The van der Waals surface area contributed by atoms with Crippen molar-refractivity contribution in [3.8, 4) is 11.3 Å². The Labute approximate surface area is 190 Å². The number of nitrogens with one attached hydrogen (secondary N) is 1. The Morgan fingerprint density at radius 2 is 1.76 bits per heavy atom. The largest absolute Gasteiger partial charge is 0.322 e. The highest BCUT2D eigenvalue weighted by Gasteiger charge is 2.28. The van der Waals surface area contributed by atoms with Gasteiger partial charge in [0.2, 0.25) is 10.0 Å². The fraction of sp³-hybridized carbons (Fsp3) is 0.120. The molecule has 0 unspecified atom stereocenters. The van der Waals surface area contributed by atoms with Crippen LogP contribution in [0.3, 0.4) is 0 Å². The fourth-order valence-corrected chi connectivity index (χ4v) is 5.55. The third-order valence-corrected chi connectivity index (χ3v) is 7.46. The monoisotopic (exact) mass is 461 g/mol. The molecular weight excluding hydrogens is 441 g/mol. The minimum Gasteiger partial charge on any atom is -0.322 e. The summed E-state index contributed by atoms with van der Waals surface area (Å²) in [5.41, 5.74) is 3.31. The summed E-state index contributed by atoms with van der Waals surface area (Å²) in [5.74, 6) is -0.575. The molecule has 1 saturated heterocycles. The zero-order valence-electron chi connectivity index (χ0n) is 17.5. The summed E-state index contributed by atoms with van der Waals surface area (Å²) < 4.78 is 39.3. The number of hydrogen-bond acceptors (Lipinski definition) is 4. The molecule has 5 rings (SSSR count). The maximum atomic E-state index is 13.4. The average Bonchev–Trinajstić information content (AvgIpc) is 3.18. The molecule has 0 bridgehead atoms. The zero-order chi connectivity index (χ0) is 23.0. The van der Waals surface area contributed by atoms with Gasteiger partial charge in [-0.25, -0.2) is 17.8 Å². The second kappa shape index (κ2) is 8.29. The van der Waals surface area contributed by atoms with E-state index in [-0.39, 0.29) is 17.5 Å². The fourth-order valence-electron chi connectivity index (χ4n) is 4.00. The SMILES string of the molecule is O=C(Nc1cccc(N2CCCS2(=O)=O)c1)c1cc(-c2ccc(F)cc2)nc2ccccc12. The Bertz CT molecular complexity index is 1470. The average molecular weight is 462 g/mol. The zero-order valence-corrected chi connectivity index (χ0v) is 18.3. The number of carbonyl (C=O) groups excluding carboxylic acids is 1. The number of sulfonamides is 1. The number of nitrogens with zero attached hydrogens (tertiary/aromatic N) is 2. The number of pyridine rings is 1. The molecule has 0 atom stereocenters. The number of hydrogen-bond donors (Lipinski definition) is 1. The van der Waals surface area contributed by atoms with E-state index >= 15 is 0 Å². The van der Waals surface area contributed by atoms with Crippen molar-refractivity contribution in [2.24, 2.45) is 0 Å². The molecule has 0 saturated carbocycles. The Kier molecular flexibility index (Phi) is 5.30. The first-order valence-electron chi connectivity index (χ1n) is 10.5. The number of amides is 1. The van der Waals surface area contributed by atoms with Crippen molar-refractivity contribution in [2.75, 3.05) is 21.9 Å². The predicted octanol–water partition coefficient (Wildman–Crippen LogP) is 4.83. The van der Waals surface area contributed by atoms with Crippen LogP contribution in [0.25, 0.3) is 22.2 Å². The van der Waals surface area contributed by atoms with Gasteiger partial charge in [-0.2, -0.15) is 0 Å². The summed E-state index contributed by atoms with van der Waals surface area (Å²) >= 11 is 0. The van der Waals surface area contributed by atoms with Crippen molar-refractivity contribution in [1.29, 1.82) is 0 Å². The van der Waals surface area contributed by atoms with Gasteiger partial charge in [0.15, 0.2) is 0 Å². The molecule has 1 fully saturated rings. The van der Waals surface area contributed by atoms with E-state index in [9.17, 15) is 17.6 Å². The molecule has 0 spiro atoms. The van der Waals surface area contributed by atoms with E-state index in [1.54, 1.807) is 42.5 Å². The molecule has 0 aliphatic carbocycles. The van der Waals surface area contributed by atoms with E-state index in [1.165, 1.54) is 16.4 Å². The number of carbonyl (C=O) groups is 1. The number of aromatic nitrogens is 1. The van der Waals surface area contributed by atoms with Crippen molar-refractivity contribution >= 4 is 38.2 Å². The summed E-state index contributed by atoms with van der Waals surface area (Å²) in [6, 6.07) is 21.7. The molecule has 2 heterocycles. The lowest BCUT2D eigenvalue weighted by atomic mass is 10.0. The molecular formula is C25H20FN3O3S. The van der Waals surface area contributed by atoms with Crippen LogP contribution in [0, 0.1) is 5.82 Å². The van der Waals surface area contributed by atoms with Gasteiger partial charge in [0, 0.05) is 23.2 Å². The first-order valence-corrected chi connectivity index (χ1v) is 12.1. The maximum absolute atomic E-state index is 13.4.